The molecule has 3 atom stereocenters. The van der Waals surface area contributed by atoms with Crippen molar-refractivity contribution in [3.05, 3.63) is 94.4 Å². The SMILES string of the molecule is Cc1ccc(-c2c(C)noc2C)cc1N(CC(C)OC(C)CNc1ccc2c(c1)C(=O)N(C1CCC(=O)NC1=O)C2=O)c1ccc(C2(C#N)CC2)cc1. The van der Waals surface area contributed by atoms with Gasteiger partial charge in [-0.1, -0.05) is 29.4 Å². The Morgan fingerprint density at radius 1 is 1.00 bits per heavy atom. The number of aromatic nitrogens is 1. The van der Waals surface area contributed by atoms with Gasteiger partial charge in [-0.2, -0.15) is 5.26 Å². The molecule has 1 saturated heterocycles. The minimum absolute atomic E-state index is 0.0638. The summed E-state index contributed by atoms with van der Waals surface area (Å²) in [6.07, 6.45) is 1.47. The molecule has 3 aliphatic rings. The van der Waals surface area contributed by atoms with Crippen LogP contribution in [0.4, 0.5) is 17.1 Å². The molecule has 12 nitrogen and oxygen atoms in total. The van der Waals surface area contributed by atoms with Crippen molar-refractivity contribution >= 4 is 40.7 Å². The standard InChI is InChI=1S/C41H42N6O6/c1-23-6-7-28(37-26(4)45-53-27(37)5)18-35(23)46(31-11-8-29(9-12-31)41(22-42)16-17-41)21-25(3)52-24(2)20-43-30-10-13-32-33(19-30)40(51)47(39(32)50)34-14-15-36(48)44-38(34)49/h6-13,18-19,24-25,34,43H,14-17,20-21H2,1-5H3,(H,44,48,49). The fourth-order valence-electron chi connectivity index (χ4n) is 7.43. The van der Waals surface area contributed by atoms with Crippen LogP contribution in [0.25, 0.3) is 11.1 Å². The maximum atomic E-state index is 13.3. The quantitative estimate of drug-likeness (QED) is 0.160. The number of imide groups is 2. The number of nitrogens with one attached hydrogen (secondary N) is 2. The van der Waals surface area contributed by atoms with E-state index in [-0.39, 0.29) is 41.6 Å². The normalized spacial score (nSPS) is 18.6. The first-order chi connectivity index (χ1) is 25.4. The van der Waals surface area contributed by atoms with Gasteiger partial charge in [-0.05, 0) is 107 Å². The molecule has 0 radical (unpaired) electrons. The van der Waals surface area contributed by atoms with Gasteiger partial charge in [0.05, 0.1) is 40.5 Å². The first kappa shape index (κ1) is 35.6. The molecule has 1 aromatic heterocycles. The van der Waals surface area contributed by atoms with Crippen LogP contribution in [-0.2, 0) is 19.7 Å². The third-order valence-electron chi connectivity index (χ3n) is 10.5. The van der Waals surface area contributed by atoms with Gasteiger partial charge < -0.3 is 19.5 Å². The Balaban J connectivity index is 1.06. The molecule has 2 N–H and O–H groups in total. The molecule has 0 bridgehead atoms. The number of carbonyl (C=O) groups excluding carboxylic acids is 4. The van der Waals surface area contributed by atoms with Crippen LogP contribution >= 0.6 is 0 Å². The van der Waals surface area contributed by atoms with E-state index in [2.05, 4.69) is 76.1 Å². The van der Waals surface area contributed by atoms with Crippen molar-refractivity contribution < 1.29 is 28.4 Å². The number of fused-ring (bicyclic) bond motifs is 1. The number of piperidine rings is 1. The number of nitrogens with zero attached hydrogens (tertiary/aromatic N) is 4. The fourth-order valence-corrected chi connectivity index (χ4v) is 7.43. The molecule has 4 aromatic rings. The van der Waals surface area contributed by atoms with Crippen molar-refractivity contribution in [2.45, 2.75) is 84.0 Å². The average Bonchev–Trinajstić information content (AvgIpc) is 3.82. The van der Waals surface area contributed by atoms with Crippen LogP contribution < -0.4 is 15.5 Å². The summed E-state index contributed by atoms with van der Waals surface area (Å²) in [6, 6.07) is 21.0. The van der Waals surface area contributed by atoms with E-state index >= 15 is 0 Å². The maximum absolute atomic E-state index is 13.3. The number of hydrogen-bond acceptors (Lipinski definition) is 10. The largest absolute Gasteiger partial charge is 0.382 e. The molecule has 2 fully saturated rings. The highest BCUT2D eigenvalue weighted by atomic mass is 16.5. The molecule has 4 amide bonds. The zero-order valence-electron chi connectivity index (χ0n) is 30.5. The molecule has 3 unspecified atom stereocenters. The summed E-state index contributed by atoms with van der Waals surface area (Å²) in [4.78, 5) is 53.7. The van der Waals surface area contributed by atoms with Crippen molar-refractivity contribution in [2.75, 3.05) is 23.3 Å². The lowest BCUT2D eigenvalue weighted by Crippen LogP contribution is -2.54. The van der Waals surface area contributed by atoms with Gasteiger partial charge >= 0.3 is 0 Å². The lowest BCUT2D eigenvalue weighted by molar-refractivity contribution is -0.136. The summed E-state index contributed by atoms with van der Waals surface area (Å²) in [5.41, 5.74) is 7.61. The zero-order valence-corrected chi connectivity index (χ0v) is 30.5. The minimum atomic E-state index is -1.02. The lowest BCUT2D eigenvalue weighted by atomic mass is 9.97. The Hall–Kier alpha value is -5.80. The van der Waals surface area contributed by atoms with Gasteiger partial charge in [-0.25, -0.2) is 0 Å². The van der Waals surface area contributed by atoms with Crippen molar-refractivity contribution in [1.29, 1.82) is 5.26 Å². The van der Waals surface area contributed by atoms with E-state index < -0.39 is 29.7 Å². The van der Waals surface area contributed by atoms with E-state index in [1.807, 2.05) is 27.7 Å². The fraction of sp³-hybridized carbons (Fsp3) is 0.366. The second-order valence-corrected chi connectivity index (χ2v) is 14.4. The summed E-state index contributed by atoms with van der Waals surface area (Å²) in [6.45, 7) is 10.9. The smallest absolute Gasteiger partial charge is 0.262 e. The Kier molecular flexibility index (Phi) is 9.38. The van der Waals surface area contributed by atoms with E-state index in [9.17, 15) is 24.4 Å². The molecule has 3 aromatic carbocycles. The van der Waals surface area contributed by atoms with Crippen LogP contribution in [0.1, 0.15) is 82.8 Å². The third kappa shape index (κ3) is 6.80. The monoisotopic (exact) mass is 714 g/mol. The third-order valence-corrected chi connectivity index (χ3v) is 10.5. The van der Waals surface area contributed by atoms with Gasteiger partial charge in [0.15, 0.2) is 0 Å². The van der Waals surface area contributed by atoms with Crippen LogP contribution in [0.5, 0.6) is 0 Å². The van der Waals surface area contributed by atoms with Crippen LogP contribution in [0.2, 0.25) is 0 Å². The van der Waals surface area contributed by atoms with Crippen LogP contribution in [0.15, 0.2) is 65.2 Å². The van der Waals surface area contributed by atoms with Gasteiger partial charge in [0.1, 0.15) is 11.8 Å². The van der Waals surface area contributed by atoms with E-state index in [1.54, 1.807) is 18.2 Å². The number of carbonyl (C=O) groups is 4. The molecule has 12 heteroatoms. The first-order valence-electron chi connectivity index (χ1n) is 18.0. The van der Waals surface area contributed by atoms with Crippen molar-refractivity contribution in [3.63, 3.8) is 0 Å². The second-order valence-electron chi connectivity index (χ2n) is 14.4. The highest BCUT2D eigenvalue weighted by Crippen LogP contribution is 2.48. The van der Waals surface area contributed by atoms with Crippen molar-refractivity contribution in [3.8, 4) is 17.2 Å². The number of rotatable bonds is 12. The topological polar surface area (TPSA) is 158 Å². The molecule has 1 aliphatic carbocycles. The molecule has 3 heterocycles. The summed E-state index contributed by atoms with van der Waals surface area (Å²) in [5.74, 6) is -1.40. The molecule has 53 heavy (non-hydrogen) atoms. The van der Waals surface area contributed by atoms with E-state index in [0.717, 1.165) is 62.8 Å². The molecule has 272 valence electrons. The van der Waals surface area contributed by atoms with E-state index in [1.165, 1.54) is 0 Å². The molecule has 2 aliphatic heterocycles. The van der Waals surface area contributed by atoms with Crippen LogP contribution in [0, 0.1) is 32.1 Å². The van der Waals surface area contributed by atoms with Gasteiger partial charge in [0.25, 0.3) is 11.8 Å². The Morgan fingerprint density at radius 2 is 1.74 bits per heavy atom. The van der Waals surface area contributed by atoms with E-state index in [4.69, 9.17) is 9.26 Å². The molecule has 1 saturated carbocycles. The van der Waals surface area contributed by atoms with Crippen LogP contribution in [-0.4, -0.2) is 65.0 Å². The number of aryl methyl sites for hydroxylation is 3. The summed E-state index contributed by atoms with van der Waals surface area (Å²) in [7, 11) is 0. The zero-order chi connectivity index (χ0) is 37.6. The number of amides is 4. The number of hydrogen-bond donors (Lipinski definition) is 2. The minimum Gasteiger partial charge on any atom is -0.382 e. The van der Waals surface area contributed by atoms with Gasteiger partial charge in [0, 0.05) is 42.1 Å². The Bertz CT molecular complexity index is 2140. The first-order valence-corrected chi connectivity index (χ1v) is 18.0. The highest BCUT2D eigenvalue weighted by Gasteiger charge is 2.45. The lowest BCUT2D eigenvalue weighted by Gasteiger charge is -2.31. The van der Waals surface area contributed by atoms with Crippen molar-refractivity contribution in [2.24, 2.45) is 0 Å². The molecular weight excluding hydrogens is 672 g/mol. The predicted octanol–water partition coefficient (Wildman–Crippen LogP) is 6.27. The highest BCUT2D eigenvalue weighted by molar-refractivity contribution is 6.23. The number of benzene rings is 3. The number of anilines is 3. The van der Waals surface area contributed by atoms with Gasteiger partial charge in [0.2, 0.25) is 11.8 Å². The number of ether oxygens (including phenoxy) is 1. The summed E-state index contributed by atoms with van der Waals surface area (Å²) >= 11 is 0. The summed E-state index contributed by atoms with van der Waals surface area (Å²) in [5, 5.41) is 19.5. The predicted molar refractivity (Wildman–Crippen MR) is 198 cm³/mol. The summed E-state index contributed by atoms with van der Waals surface area (Å²) < 4.78 is 12.0. The van der Waals surface area contributed by atoms with Gasteiger partial charge in [-0.3, -0.25) is 29.4 Å². The average molecular weight is 715 g/mol. The maximum Gasteiger partial charge on any atom is 0.262 e. The van der Waals surface area contributed by atoms with Gasteiger partial charge in [-0.15, -0.1) is 0 Å². The molecule has 0 spiro atoms. The Morgan fingerprint density at radius 3 is 2.40 bits per heavy atom. The van der Waals surface area contributed by atoms with Crippen molar-refractivity contribution in [1.82, 2.24) is 15.4 Å². The number of nitriles is 1. The molecular formula is C41H42N6O6. The Labute approximate surface area is 308 Å². The molecule has 7 rings (SSSR count). The van der Waals surface area contributed by atoms with Crippen LogP contribution in [0.3, 0.4) is 0 Å². The van der Waals surface area contributed by atoms with E-state index in [0.29, 0.717) is 18.8 Å². The second kappa shape index (κ2) is 14.0.